The largest absolute Gasteiger partial charge is 0.462 e. The van der Waals surface area contributed by atoms with Gasteiger partial charge in [0.2, 0.25) is 0 Å². The highest BCUT2D eigenvalue weighted by Gasteiger charge is 2.36. The fourth-order valence-electron chi connectivity index (χ4n) is 2.19. The Morgan fingerprint density at radius 3 is 1.79 bits per heavy atom. The van der Waals surface area contributed by atoms with Crippen molar-refractivity contribution in [1.29, 1.82) is 0 Å². The zero-order valence-corrected chi connectivity index (χ0v) is 16.7. The van der Waals surface area contributed by atoms with E-state index in [-0.39, 0.29) is 24.3 Å². The van der Waals surface area contributed by atoms with E-state index in [0.29, 0.717) is 25.0 Å². The summed E-state index contributed by atoms with van der Waals surface area (Å²) in [5, 5.41) is 0. The molecule has 0 saturated heterocycles. The third-order valence-electron chi connectivity index (χ3n) is 2.91. The molecule has 0 heterocycles. The maximum Gasteiger partial charge on any atom is 0.333 e. The van der Waals surface area contributed by atoms with E-state index < -0.39 is 5.97 Å². The predicted octanol–water partition coefficient (Wildman–Crippen LogP) is 4.59. The fraction of sp³-hybridized carbons (Fsp3) is 0.842. The van der Waals surface area contributed by atoms with Crippen LogP contribution in [0.5, 0.6) is 0 Å². The van der Waals surface area contributed by atoms with Crippen LogP contribution in [0.2, 0.25) is 0 Å². The molecule has 0 atom stereocenters. The smallest absolute Gasteiger partial charge is 0.333 e. The van der Waals surface area contributed by atoms with Crippen LogP contribution in [0.15, 0.2) is 11.6 Å². The third-order valence-corrected chi connectivity index (χ3v) is 2.91. The van der Waals surface area contributed by atoms with Gasteiger partial charge in [-0.3, -0.25) is 0 Å². The molecule has 0 bridgehead atoms. The van der Waals surface area contributed by atoms with E-state index in [0.717, 1.165) is 6.42 Å². The Bertz CT molecular complexity index is 359. The molecular formula is C19H36O5. The average Bonchev–Trinajstić information content (AvgIpc) is 2.41. The lowest BCUT2D eigenvalue weighted by Gasteiger charge is -2.37. The number of esters is 1. The molecule has 0 aromatic heterocycles. The molecule has 0 amide bonds. The Kier molecular flexibility index (Phi) is 11.2. The maximum atomic E-state index is 11.8. The Hall–Kier alpha value is -0.910. The molecule has 0 aliphatic heterocycles. The highest BCUT2D eigenvalue weighted by molar-refractivity contribution is 5.87. The topological polar surface area (TPSA) is 54.0 Å². The molecule has 0 rings (SSSR count). The summed E-state index contributed by atoms with van der Waals surface area (Å²) in [5.74, 6) is -1.39. The lowest BCUT2D eigenvalue weighted by atomic mass is 10.2. The molecule has 0 radical (unpaired) electrons. The molecular weight excluding hydrogens is 308 g/mol. The summed E-state index contributed by atoms with van der Waals surface area (Å²) >= 11 is 0. The van der Waals surface area contributed by atoms with E-state index >= 15 is 0 Å². The molecule has 0 unspecified atom stereocenters. The van der Waals surface area contributed by atoms with Crippen molar-refractivity contribution < 1.29 is 23.7 Å². The number of rotatable bonds is 12. The summed E-state index contributed by atoms with van der Waals surface area (Å²) in [7, 11) is 0. The number of hydrogen-bond acceptors (Lipinski definition) is 5. The van der Waals surface area contributed by atoms with Gasteiger partial charge in [-0.05, 0) is 61.3 Å². The summed E-state index contributed by atoms with van der Waals surface area (Å²) in [5.41, 5.74) is 0.594. The number of carbonyl (C=O) groups is 1. The molecule has 0 aliphatic rings. The zero-order chi connectivity index (χ0) is 18.8. The molecule has 5 heteroatoms. The molecule has 0 fully saturated rings. The van der Waals surface area contributed by atoms with Gasteiger partial charge >= 0.3 is 5.97 Å². The Balaban J connectivity index is 4.99. The van der Waals surface area contributed by atoms with E-state index in [1.54, 1.807) is 6.92 Å². The fourth-order valence-corrected chi connectivity index (χ4v) is 2.19. The molecule has 0 N–H and O–H groups in total. The Morgan fingerprint density at radius 1 is 0.958 bits per heavy atom. The lowest BCUT2D eigenvalue weighted by molar-refractivity contribution is -0.411. The molecule has 0 spiro atoms. The Labute approximate surface area is 147 Å². The monoisotopic (exact) mass is 344 g/mol. The maximum absolute atomic E-state index is 11.8. The van der Waals surface area contributed by atoms with Crippen LogP contribution in [0.3, 0.4) is 0 Å². The third kappa shape index (κ3) is 10.1. The molecule has 0 aliphatic carbocycles. The second-order valence-electron chi connectivity index (χ2n) is 6.74. The van der Waals surface area contributed by atoms with Crippen LogP contribution < -0.4 is 0 Å². The van der Waals surface area contributed by atoms with Crippen molar-refractivity contribution in [2.75, 3.05) is 6.61 Å². The van der Waals surface area contributed by atoms with Crippen LogP contribution in [0, 0.1) is 0 Å². The molecule has 24 heavy (non-hydrogen) atoms. The van der Waals surface area contributed by atoms with Crippen LogP contribution >= 0.6 is 0 Å². The highest BCUT2D eigenvalue weighted by Crippen LogP contribution is 2.28. The highest BCUT2D eigenvalue weighted by atomic mass is 16.9. The molecule has 0 saturated carbocycles. The van der Waals surface area contributed by atoms with Crippen molar-refractivity contribution in [3.05, 3.63) is 11.6 Å². The van der Waals surface area contributed by atoms with E-state index in [4.69, 9.17) is 18.9 Å². The molecule has 0 aromatic carbocycles. The summed E-state index contributed by atoms with van der Waals surface area (Å²) in [6.07, 6.45) is 3.64. The van der Waals surface area contributed by atoms with Crippen LogP contribution in [0.1, 0.15) is 74.7 Å². The lowest BCUT2D eigenvalue weighted by Crippen LogP contribution is -2.44. The van der Waals surface area contributed by atoms with Crippen molar-refractivity contribution in [3.8, 4) is 0 Å². The van der Waals surface area contributed by atoms with Crippen LogP contribution in [-0.2, 0) is 23.7 Å². The minimum Gasteiger partial charge on any atom is -0.462 e. The molecule has 5 nitrogen and oxygen atoms in total. The molecule has 142 valence electrons. The first kappa shape index (κ1) is 23.1. The number of hydrogen-bond donors (Lipinski definition) is 0. The van der Waals surface area contributed by atoms with Crippen molar-refractivity contribution >= 4 is 5.97 Å². The van der Waals surface area contributed by atoms with E-state index in [1.807, 2.05) is 54.5 Å². The van der Waals surface area contributed by atoms with E-state index in [2.05, 4.69) is 0 Å². The van der Waals surface area contributed by atoms with Crippen LogP contribution in [-0.4, -0.2) is 36.9 Å². The Morgan fingerprint density at radius 2 is 1.42 bits per heavy atom. The standard InChI is InChI=1S/C19H36O5/c1-9-13-21-18(20)17(8)11-10-12-19(22-14(2)3,23-15(4)5)24-16(6)7/h11,14-16H,9-10,12-13H2,1-8H3. The quantitative estimate of drug-likeness (QED) is 0.294. The van der Waals surface area contributed by atoms with Gasteiger partial charge in [0, 0.05) is 12.0 Å². The minimum absolute atomic E-state index is 0.0397. The summed E-state index contributed by atoms with van der Waals surface area (Å²) in [4.78, 5) is 11.8. The number of allylic oxidation sites excluding steroid dienone is 1. The second-order valence-corrected chi connectivity index (χ2v) is 6.74. The number of carbonyl (C=O) groups excluding carboxylic acids is 1. The van der Waals surface area contributed by atoms with Gasteiger partial charge in [0.15, 0.2) is 0 Å². The van der Waals surface area contributed by atoms with Gasteiger partial charge in [-0.15, -0.1) is 0 Å². The minimum atomic E-state index is -1.11. The summed E-state index contributed by atoms with van der Waals surface area (Å²) < 4.78 is 23.1. The van der Waals surface area contributed by atoms with Gasteiger partial charge in [-0.2, -0.15) is 0 Å². The molecule has 0 aromatic rings. The second kappa shape index (κ2) is 11.6. The van der Waals surface area contributed by atoms with Crippen molar-refractivity contribution in [3.63, 3.8) is 0 Å². The first-order chi connectivity index (χ1) is 11.1. The summed E-state index contributed by atoms with van der Waals surface area (Å²) in [6, 6.07) is 0. The van der Waals surface area contributed by atoms with Gasteiger partial charge in [0.05, 0.1) is 24.9 Å². The predicted molar refractivity (Wildman–Crippen MR) is 95.6 cm³/mol. The number of ether oxygens (including phenoxy) is 4. The van der Waals surface area contributed by atoms with Gasteiger partial charge in [0.25, 0.3) is 5.97 Å². The van der Waals surface area contributed by atoms with Crippen LogP contribution in [0.4, 0.5) is 0 Å². The first-order valence-electron chi connectivity index (χ1n) is 8.99. The SMILES string of the molecule is CCCOC(=O)C(C)=CCCC(OC(C)C)(OC(C)C)OC(C)C. The van der Waals surface area contributed by atoms with E-state index in [1.165, 1.54) is 0 Å². The van der Waals surface area contributed by atoms with Crippen LogP contribution in [0.25, 0.3) is 0 Å². The summed E-state index contributed by atoms with van der Waals surface area (Å²) in [6.45, 7) is 15.9. The zero-order valence-electron chi connectivity index (χ0n) is 16.7. The van der Waals surface area contributed by atoms with Gasteiger partial charge in [-0.25, -0.2) is 4.79 Å². The van der Waals surface area contributed by atoms with Crippen molar-refractivity contribution in [2.45, 2.75) is 98.9 Å². The van der Waals surface area contributed by atoms with E-state index in [9.17, 15) is 4.79 Å². The van der Waals surface area contributed by atoms with Gasteiger partial charge in [0.1, 0.15) is 0 Å². The first-order valence-corrected chi connectivity index (χ1v) is 8.99. The van der Waals surface area contributed by atoms with Crippen molar-refractivity contribution in [1.82, 2.24) is 0 Å². The normalized spacial score (nSPS) is 13.2. The van der Waals surface area contributed by atoms with Gasteiger partial charge in [-0.1, -0.05) is 13.0 Å². The van der Waals surface area contributed by atoms with Crippen molar-refractivity contribution in [2.24, 2.45) is 0 Å². The average molecular weight is 344 g/mol. The van der Waals surface area contributed by atoms with Gasteiger partial charge < -0.3 is 18.9 Å².